The maximum Gasteiger partial charge on any atom is 0.221 e. The first-order valence-corrected chi connectivity index (χ1v) is 8.21. The van der Waals surface area contributed by atoms with Crippen molar-refractivity contribution in [3.05, 3.63) is 65.5 Å². The Kier molecular flexibility index (Phi) is 3.84. The van der Waals surface area contributed by atoms with Gasteiger partial charge in [0, 0.05) is 24.2 Å². The molecule has 0 saturated carbocycles. The molecule has 6 nitrogen and oxygen atoms in total. The van der Waals surface area contributed by atoms with E-state index in [-0.39, 0.29) is 29.4 Å². The van der Waals surface area contributed by atoms with Gasteiger partial charge in [0.05, 0.1) is 5.69 Å². The molecule has 0 radical (unpaired) electrons. The van der Waals surface area contributed by atoms with E-state index in [1.54, 1.807) is 6.07 Å². The number of hydrogen-bond acceptors (Lipinski definition) is 5. The van der Waals surface area contributed by atoms with E-state index in [1.807, 2.05) is 35.9 Å². The van der Waals surface area contributed by atoms with Crippen molar-refractivity contribution in [1.82, 2.24) is 19.4 Å². The fraction of sp³-hybridized carbons (Fsp3) is 0.158. The summed E-state index contributed by atoms with van der Waals surface area (Å²) in [4.78, 5) is 25.2. The number of nitrogens with two attached hydrogens (primary N) is 1. The largest absolute Gasteiger partial charge is 0.368 e. The third-order valence-electron chi connectivity index (χ3n) is 4.29. The van der Waals surface area contributed by atoms with Crippen LogP contribution in [0.15, 0.2) is 42.7 Å². The molecule has 0 spiro atoms. The molecule has 0 amide bonds. The van der Waals surface area contributed by atoms with E-state index in [0.717, 1.165) is 16.9 Å². The van der Waals surface area contributed by atoms with Gasteiger partial charge < -0.3 is 10.1 Å². The summed E-state index contributed by atoms with van der Waals surface area (Å²) in [6.07, 6.45) is 4.48. The van der Waals surface area contributed by atoms with Gasteiger partial charge in [-0.25, -0.2) is 19.3 Å². The zero-order valence-electron chi connectivity index (χ0n) is 14.1. The number of carbonyl (C=O) groups is 1. The summed E-state index contributed by atoms with van der Waals surface area (Å²) in [6, 6.07) is 8.37. The summed E-state index contributed by atoms with van der Waals surface area (Å²) in [5.74, 6) is -0.862. The molecule has 7 heteroatoms. The number of pyridine rings is 1. The molecular weight excluding hydrogens is 333 g/mol. The van der Waals surface area contributed by atoms with Gasteiger partial charge in [0.25, 0.3) is 0 Å². The highest BCUT2D eigenvalue weighted by Gasteiger charge is 2.17. The molecule has 0 aliphatic heterocycles. The van der Waals surface area contributed by atoms with E-state index in [9.17, 15) is 9.18 Å². The Bertz CT molecular complexity index is 1150. The molecule has 0 bridgehead atoms. The summed E-state index contributed by atoms with van der Waals surface area (Å²) in [7, 11) is 0. The van der Waals surface area contributed by atoms with Gasteiger partial charge in [-0.1, -0.05) is 18.2 Å². The first-order valence-electron chi connectivity index (χ1n) is 8.21. The number of imidazole rings is 1. The van der Waals surface area contributed by atoms with Gasteiger partial charge in [0.15, 0.2) is 5.78 Å². The van der Waals surface area contributed by atoms with Gasteiger partial charge in [-0.05, 0) is 31.0 Å². The van der Waals surface area contributed by atoms with E-state index in [4.69, 9.17) is 5.73 Å². The minimum Gasteiger partial charge on any atom is -0.368 e. The van der Waals surface area contributed by atoms with Crippen LogP contribution in [0.5, 0.6) is 0 Å². The maximum absolute atomic E-state index is 13.9. The Balaban J connectivity index is 1.63. The number of ketones is 1. The third-order valence-corrected chi connectivity index (χ3v) is 4.29. The van der Waals surface area contributed by atoms with Gasteiger partial charge >= 0.3 is 0 Å². The lowest BCUT2D eigenvalue weighted by Crippen LogP contribution is -2.09. The Morgan fingerprint density at radius 1 is 1.19 bits per heavy atom. The highest BCUT2D eigenvalue weighted by molar-refractivity contribution is 6.06. The number of rotatable bonds is 4. The monoisotopic (exact) mass is 349 g/mol. The average molecular weight is 349 g/mol. The summed E-state index contributed by atoms with van der Waals surface area (Å²) >= 11 is 0. The fourth-order valence-corrected chi connectivity index (χ4v) is 3.03. The molecule has 4 aromatic rings. The molecule has 0 aliphatic rings. The van der Waals surface area contributed by atoms with Crippen LogP contribution in [0.1, 0.15) is 28.2 Å². The van der Waals surface area contributed by atoms with Crippen molar-refractivity contribution in [2.45, 2.75) is 19.8 Å². The van der Waals surface area contributed by atoms with Crippen LogP contribution in [0, 0.1) is 12.7 Å². The van der Waals surface area contributed by atoms with Crippen LogP contribution in [0.4, 0.5) is 10.3 Å². The highest BCUT2D eigenvalue weighted by Crippen LogP contribution is 2.21. The summed E-state index contributed by atoms with van der Waals surface area (Å²) < 4.78 is 15.9. The molecule has 0 aliphatic carbocycles. The number of para-hydroxylation sites is 1. The van der Waals surface area contributed by atoms with Crippen molar-refractivity contribution < 1.29 is 9.18 Å². The normalized spacial score (nSPS) is 11.3. The number of aromatic nitrogens is 4. The molecule has 4 rings (SSSR count). The molecule has 1 aromatic carbocycles. The molecule has 0 atom stereocenters. The number of nitrogens with zero attached hydrogens (tertiary/aromatic N) is 4. The fourth-order valence-electron chi connectivity index (χ4n) is 3.03. The van der Waals surface area contributed by atoms with E-state index in [2.05, 4.69) is 15.0 Å². The average Bonchev–Trinajstić information content (AvgIpc) is 3.04. The number of benzene rings is 1. The lowest BCUT2D eigenvalue weighted by Gasteiger charge is -2.06. The first kappa shape index (κ1) is 16.1. The van der Waals surface area contributed by atoms with Crippen LogP contribution >= 0.6 is 0 Å². The van der Waals surface area contributed by atoms with Crippen molar-refractivity contribution in [2.24, 2.45) is 0 Å². The van der Waals surface area contributed by atoms with E-state index < -0.39 is 5.82 Å². The van der Waals surface area contributed by atoms with Crippen molar-refractivity contribution in [3.8, 4) is 0 Å². The molecular formula is C19H16FN5O. The van der Waals surface area contributed by atoms with E-state index >= 15 is 0 Å². The molecule has 26 heavy (non-hydrogen) atoms. The van der Waals surface area contributed by atoms with Crippen molar-refractivity contribution in [1.29, 1.82) is 0 Å². The van der Waals surface area contributed by atoms with E-state index in [1.165, 1.54) is 12.1 Å². The van der Waals surface area contributed by atoms with Crippen LogP contribution in [-0.4, -0.2) is 25.1 Å². The van der Waals surface area contributed by atoms with Gasteiger partial charge in [0.2, 0.25) is 5.95 Å². The topological polar surface area (TPSA) is 86.2 Å². The minimum absolute atomic E-state index is 0.0618. The highest BCUT2D eigenvalue weighted by atomic mass is 19.1. The van der Waals surface area contributed by atoms with Gasteiger partial charge in [-0.15, -0.1) is 0 Å². The van der Waals surface area contributed by atoms with Crippen molar-refractivity contribution in [3.63, 3.8) is 0 Å². The summed E-state index contributed by atoms with van der Waals surface area (Å²) in [5, 5.41) is 0.370. The van der Waals surface area contributed by atoms with Crippen LogP contribution in [-0.2, 0) is 6.42 Å². The van der Waals surface area contributed by atoms with Crippen LogP contribution in [0.25, 0.3) is 16.6 Å². The van der Waals surface area contributed by atoms with Gasteiger partial charge in [0.1, 0.15) is 22.7 Å². The number of halogens is 1. The number of carbonyl (C=O) groups excluding carboxylic acids is 1. The minimum atomic E-state index is -0.526. The Hall–Kier alpha value is -3.35. The lowest BCUT2D eigenvalue weighted by atomic mass is 10.1. The number of nitrogen functional groups attached to an aromatic ring is 1. The Morgan fingerprint density at radius 2 is 2.04 bits per heavy atom. The molecule has 2 N–H and O–H groups in total. The maximum atomic E-state index is 13.9. The molecule has 0 fully saturated rings. The second-order valence-electron chi connectivity index (χ2n) is 6.14. The van der Waals surface area contributed by atoms with Crippen molar-refractivity contribution in [2.75, 3.05) is 5.73 Å². The van der Waals surface area contributed by atoms with Gasteiger partial charge in [-0.2, -0.15) is 0 Å². The number of hydrogen-bond donors (Lipinski definition) is 1. The summed E-state index contributed by atoms with van der Waals surface area (Å²) in [6.45, 7) is 1.99. The molecule has 130 valence electrons. The molecule has 3 heterocycles. The lowest BCUT2D eigenvalue weighted by molar-refractivity contribution is 0.0979. The second kappa shape index (κ2) is 6.18. The quantitative estimate of drug-likeness (QED) is 0.572. The Morgan fingerprint density at radius 3 is 2.85 bits per heavy atom. The first-order chi connectivity index (χ1) is 12.5. The zero-order chi connectivity index (χ0) is 18.3. The molecule has 3 aromatic heterocycles. The second-order valence-corrected chi connectivity index (χ2v) is 6.14. The predicted molar refractivity (Wildman–Crippen MR) is 96.5 cm³/mol. The number of anilines is 1. The third kappa shape index (κ3) is 2.77. The number of fused-ring (bicyclic) bond motifs is 2. The van der Waals surface area contributed by atoms with Crippen LogP contribution in [0.3, 0.4) is 0 Å². The van der Waals surface area contributed by atoms with Crippen LogP contribution in [0.2, 0.25) is 0 Å². The molecule has 0 saturated heterocycles. The standard InChI is InChI=1S/C19H16FN5O/c1-11-4-3-9-25-10-12(22-18(11)25)7-8-15(26)17-13-5-2-6-14(20)16(13)23-19(21)24-17/h2-6,9-10H,7-8H2,1H3,(H2,21,23,24). The number of aryl methyl sites for hydroxylation is 2. The summed E-state index contributed by atoms with van der Waals surface area (Å²) in [5.41, 5.74) is 8.60. The zero-order valence-corrected chi connectivity index (χ0v) is 14.1. The van der Waals surface area contributed by atoms with Crippen LogP contribution < -0.4 is 5.73 Å². The smallest absolute Gasteiger partial charge is 0.221 e. The van der Waals surface area contributed by atoms with Crippen molar-refractivity contribution >= 4 is 28.3 Å². The SMILES string of the molecule is Cc1cccn2cc(CCC(=O)c3nc(N)nc4c(F)cccc34)nc12. The Labute approximate surface area is 148 Å². The van der Waals surface area contributed by atoms with E-state index in [0.29, 0.717) is 11.8 Å². The molecule has 0 unspecified atom stereocenters. The number of Topliss-reactive ketones (excluding diaryl/α,β-unsaturated/α-hetero) is 1. The van der Waals surface area contributed by atoms with Gasteiger partial charge in [-0.3, -0.25) is 4.79 Å². The predicted octanol–water partition coefficient (Wildman–Crippen LogP) is 3.12.